The van der Waals surface area contributed by atoms with Crippen LogP contribution in [0.1, 0.15) is 43.0 Å². The van der Waals surface area contributed by atoms with E-state index in [1.165, 1.54) is 22.3 Å². The first-order valence-corrected chi connectivity index (χ1v) is 7.16. The summed E-state index contributed by atoms with van der Waals surface area (Å²) in [6, 6.07) is 0. The summed E-state index contributed by atoms with van der Waals surface area (Å²) in [5, 5.41) is 9.77. The van der Waals surface area contributed by atoms with E-state index in [0.717, 1.165) is 24.3 Å². The summed E-state index contributed by atoms with van der Waals surface area (Å²) in [4.78, 5) is 0. The highest BCUT2D eigenvalue weighted by atomic mass is 16.5. The highest BCUT2D eigenvalue weighted by Crippen LogP contribution is 2.46. The Kier molecular flexibility index (Phi) is 2.97. The molecule has 0 amide bonds. The van der Waals surface area contributed by atoms with E-state index in [-0.39, 0.29) is 18.3 Å². The molecule has 0 aromatic heterocycles. The fourth-order valence-electron chi connectivity index (χ4n) is 3.33. The van der Waals surface area contributed by atoms with Gasteiger partial charge in [-0.2, -0.15) is 0 Å². The van der Waals surface area contributed by atoms with Crippen molar-refractivity contribution in [1.29, 1.82) is 0 Å². The lowest BCUT2D eigenvalue weighted by Crippen LogP contribution is -2.11. The van der Waals surface area contributed by atoms with Gasteiger partial charge in [0.2, 0.25) is 0 Å². The standard InChI is InChI=1S/C16H22O3/c1-8(17)5-13-14-7-10(3)18-15(14)11(4)12-6-9(2)19-16(12)13/h8-10,17H,5-7H2,1-4H3. The van der Waals surface area contributed by atoms with E-state index in [2.05, 4.69) is 20.8 Å². The van der Waals surface area contributed by atoms with Crippen molar-refractivity contribution in [3.05, 3.63) is 22.3 Å². The maximum Gasteiger partial charge on any atom is 0.127 e. The first kappa shape index (κ1) is 12.8. The lowest BCUT2D eigenvalue weighted by atomic mass is 9.91. The van der Waals surface area contributed by atoms with Gasteiger partial charge in [0.1, 0.15) is 23.7 Å². The molecular weight excluding hydrogens is 240 g/mol. The third kappa shape index (κ3) is 2.00. The second-order valence-electron chi connectivity index (χ2n) is 6.04. The van der Waals surface area contributed by atoms with Gasteiger partial charge in [-0.1, -0.05) is 0 Å². The van der Waals surface area contributed by atoms with Crippen LogP contribution in [0.5, 0.6) is 11.5 Å². The molecule has 104 valence electrons. The molecule has 2 aliphatic rings. The molecule has 0 spiro atoms. The summed E-state index contributed by atoms with van der Waals surface area (Å²) >= 11 is 0. The van der Waals surface area contributed by atoms with Gasteiger partial charge in [0.05, 0.1) is 6.10 Å². The molecule has 3 nitrogen and oxygen atoms in total. The third-order valence-electron chi connectivity index (χ3n) is 4.10. The number of aliphatic hydroxyl groups excluding tert-OH is 1. The van der Waals surface area contributed by atoms with Crippen molar-refractivity contribution in [3.63, 3.8) is 0 Å². The smallest absolute Gasteiger partial charge is 0.127 e. The second kappa shape index (κ2) is 4.41. The zero-order chi connectivity index (χ0) is 13.7. The van der Waals surface area contributed by atoms with Gasteiger partial charge in [-0.05, 0) is 33.3 Å². The zero-order valence-electron chi connectivity index (χ0n) is 12.1. The predicted octanol–water partition coefficient (Wildman–Crippen LogP) is 2.57. The molecule has 19 heavy (non-hydrogen) atoms. The first-order valence-electron chi connectivity index (χ1n) is 7.16. The molecule has 0 bridgehead atoms. The number of benzene rings is 1. The van der Waals surface area contributed by atoms with Gasteiger partial charge in [-0.15, -0.1) is 0 Å². The predicted molar refractivity (Wildman–Crippen MR) is 74.2 cm³/mol. The van der Waals surface area contributed by atoms with E-state index in [1.807, 2.05) is 6.92 Å². The van der Waals surface area contributed by atoms with Crippen LogP contribution in [0.4, 0.5) is 0 Å². The minimum Gasteiger partial charge on any atom is -0.490 e. The van der Waals surface area contributed by atoms with Gasteiger partial charge >= 0.3 is 0 Å². The van der Waals surface area contributed by atoms with Crippen LogP contribution >= 0.6 is 0 Å². The molecule has 2 heterocycles. The number of aliphatic hydroxyl groups is 1. The Morgan fingerprint density at radius 1 is 1.11 bits per heavy atom. The van der Waals surface area contributed by atoms with Crippen molar-refractivity contribution in [1.82, 2.24) is 0 Å². The molecule has 3 heteroatoms. The van der Waals surface area contributed by atoms with Crippen molar-refractivity contribution in [3.8, 4) is 11.5 Å². The third-order valence-corrected chi connectivity index (χ3v) is 4.10. The molecular formula is C16H22O3. The van der Waals surface area contributed by atoms with Gasteiger partial charge in [-0.3, -0.25) is 0 Å². The van der Waals surface area contributed by atoms with Crippen molar-refractivity contribution in [2.45, 2.75) is 65.3 Å². The number of rotatable bonds is 2. The SMILES string of the molecule is Cc1c2c(c(CC(C)O)c3c1OC(C)C3)OC(C)C2. The van der Waals surface area contributed by atoms with Gasteiger partial charge in [0.15, 0.2) is 0 Å². The monoisotopic (exact) mass is 262 g/mol. The van der Waals surface area contributed by atoms with E-state index >= 15 is 0 Å². The summed E-state index contributed by atoms with van der Waals surface area (Å²) < 4.78 is 12.0. The summed E-state index contributed by atoms with van der Waals surface area (Å²) in [5.41, 5.74) is 4.92. The van der Waals surface area contributed by atoms with Crippen LogP contribution in [0, 0.1) is 6.92 Å². The quantitative estimate of drug-likeness (QED) is 0.890. The van der Waals surface area contributed by atoms with Crippen molar-refractivity contribution in [2.75, 3.05) is 0 Å². The molecule has 1 aromatic carbocycles. The first-order chi connectivity index (χ1) is 8.97. The Balaban J connectivity index is 2.17. The number of fused-ring (bicyclic) bond motifs is 2. The van der Waals surface area contributed by atoms with Crippen LogP contribution in [-0.2, 0) is 19.3 Å². The molecule has 0 fully saturated rings. The molecule has 1 aromatic rings. The topological polar surface area (TPSA) is 38.7 Å². The van der Waals surface area contributed by atoms with Gasteiger partial charge in [-0.25, -0.2) is 0 Å². The maximum atomic E-state index is 9.77. The Morgan fingerprint density at radius 3 is 2.32 bits per heavy atom. The van der Waals surface area contributed by atoms with E-state index in [1.54, 1.807) is 0 Å². The van der Waals surface area contributed by atoms with Crippen molar-refractivity contribution >= 4 is 0 Å². The largest absolute Gasteiger partial charge is 0.490 e. The summed E-state index contributed by atoms with van der Waals surface area (Å²) in [5.74, 6) is 2.06. The van der Waals surface area contributed by atoms with E-state index in [0.29, 0.717) is 6.42 Å². The van der Waals surface area contributed by atoms with Gasteiger partial charge in [0, 0.05) is 36.0 Å². The summed E-state index contributed by atoms with van der Waals surface area (Å²) in [6.45, 7) is 8.15. The highest BCUT2D eigenvalue weighted by molar-refractivity contribution is 5.62. The lowest BCUT2D eigenvalue weighted by molar-refractivity contribution is 0.191. The van der Waals surface area contributed by atoms with Crippen LogP contribution in [0.25, 0.3) is 0 Å². The second-order valence-corrected chi connectivity index (χ2v) is 6.04. The Morgan fingerprint density at radius 2 is 1.68 bits per heavy atom. The number of hydrogen-bond donors (Lipinski definition) is 1. The lowest BCUT2D eigenvalue weighted by Gasteiger charge is -2.17. The average molecular weight is 262 g/mol. The highest BCUT2D eigenvalue weighted by Gasteiger charge is 2.34. The van der Waals surface area contributed by atoms with Crippen molar-refractivity contribution in [2.24, 2.45) is 0 Å². The molecule has 0 aliphatic carbocycles. The minimum atomic E-state index is -0.355. The van der Waals surface area contributed by atoms with Gasteiger partial charge < -0.3 is 14.6 Å². The van der Waals surface area contributed by atoms with Crippen LogP contribution < -0.4 is 9.47 Å². The van der Waals surface area contributed by atoms with Crippen molar-refractivity contribution < 1.29 is 14.6 Å². The number of ether oxygens (including phenoxy) is 2. The van der Waals surface area contributed by atoms with Crippen LogP contribution in [0.15, 0.2) is 0 Å². The molecule has 0 radical (unpaired) electrons. The van der Waals surface area contributed by atoms with Crippen LogP contribution in [-0.4, -0.2) is 23.4 Å². The summed E-state index contributed by atoms with van der Waals surface area (Å²) in [6.07, 6.45) is 2.60. The molecule has 0 saturated carbocycles. The molecule has 0 saturated heterocycles. The molecule has 3 atom stereocenters. The summed E-state index contributed by atoms with van der Waals surface area (Å²) in [7, 11) is 0. The molecule has 1 N–H and O–H groups in total. The maximum absolute atomic E-state index is 9.77. The fourth-order valence-corrected chi connectivity index (χ4v) is 3.33. The van der Waals surface area contributed by atoms with Crippen LogP contribution in [0.2, 0.25) is 0 Å². The molecule has 3 rings (SSSR count). The number of hydrogen-bond acceptors (Lipinski definition) is 3. The Hall–Kier alpha value is -1.22. The fraction of sp³-hybridized carbons (Fsp3) is 0.625. The Bertz CT molecular complexity index is 480. The van der Waals surface area contributed by atoms with E-state index in [4.69, 9.17) is 9.47 Å². The van der Waals surface area contributed by atoms with E-state index < -0.39 is 0 Å². The minimum absolute atomic E-state index is 0.224. The molecule has 2 aliphatic heterocycles. The van der Waals surface area contributed by atoms with Gasteiger partial charge in [0.25, 0.3) is 0 Å². The zero-order valence-corrected chi connectivity index (χ0v) is 12.1. The average Bonchev–Trinajstić information content (AvgIpc) is 2.87. The Labute approximate surface area is 114 Å². The molecule has 3 unspecified atom stereocenters. The van der Waals surface area contributed by atoms with E-state index in [9.17, 15) is 5.11 Å². The van der Waals surface area contributed by atoms with Crippen LogP contribution in [0.3, 0.4) is 0 Å². The normalized spacial score (nSPS) is 25.5.